The molecular formula is C23H26N4O3. The Balaban J connectivity index is 1.55. The Labute approximate surface area is 176 Å². The zero-order valence-corrected chi connectivity index (χ0v) is 17.5. The molecule has 1 heterocycles. The zero-order chi connectivity index (χ0) is 21.5. The van der Waals surface area contributed by atoms with Crippen molar-refractivity contribution in [1.29, 1.82) is 0 Å². The fourth-order valence-corrected chi connectivity index (χ4v) is 2.91. The lowest BCUT2D eigenvalue weighted by Crippen LogP contribution is -2.22. The molecule has 0 atom stereocenters. The number of amides is 1. The van der Waals surface area contributed by atoms with Crippen molar-refractivity contribution in [3.63, 3.8) is 0 Å². The lowest BCUT2D eigenvalue weighted by atomic mass is 10.1. The summed E-state index contributed by atoms with van der Waals surface area (Å²) in [6.07, 6.45) is 2.10. The third-order valence-corrected chi connectivity index (χ3v) is 4.64. The van der Waals surface area contributed by atoms with E-state index in [1.165, 1.54) is 0 Å². The van der Waals surface area contributed by atoms with Crippen LogP contribution in [0.15, 0.2) is 60.8 Å². The summed E-state index contributed by atoms with van der Waals surface area (Å²) in [4.78, 5) is 26.0. The van der Waals surface area contributed by atoms with E-state index < -0.39 is 0 Å². The van der Waals surface area contributed by atoms with Crippen molar-refractivity contribution in [3.05, 3.63) is 71.9 Å². The number of ether oxygens (including phenoxy) is 1. The van der Waals surface area contributed by atoms with Gasteiger partial charge in [0, 0.05) is 37.8 Å². The van der Waals surface area contributed by atoms with Crippen LogP contribution in [0.1, 0.15) is 29.3 Å². The van der Waals surface area contributed by atoms with Gasteiger partial charge in [0.05, 0.1) is 12.7 Å². The van der Waals surface area contributed by atoms with E-state index in [9.17, 15) is 9.59 Å². The molecule has 1 N–H and O–H groups in total. The van der Waals surface area contributed by atoms with Gasteiger partial charge < -0.3 is 15.0 Å². The average Bonchev–Trinajstić information content (AvgIpc) is 3.18. The lowest BCUT2D eigenvalue weighted by molar-refractivity contribution is -0.118. The first kappa shape index (κ1) is 21.1. The minimum Gasteiger partial charge on any atom is -0.484 e. The van der Waals surface area contributed by atoms with Crippen molar-refractivity contribution in [2.45, 2.75) is 19.9 Å². The van der Waals surface area contributed by atoms with Crippen LogP contribution < -0.4 is 15.0 Å². The second-order valence-corrected chi connectivity index (χ2v) is 7.07. The Morgan fingerprint density at radius 1 is 1.03 bits per heavy atom. The third-order valence-electron chi connectivity index (χ3n) is 4.64. The SMILES string of the molecule is CCC(=O)c1ccc(OCC(=O)Nc2ccnn2Cc2ccc(N(C)C)cc2)cc1. The molecule has 0 aliphatic heterocycles. The van der Waals surface area contributed by atoms with Crippen LogP contribution in [0.2, 0.25) is 0 Å². The number of rotatable bonds is 9. The van der Waals surface area contributed by atoms with Gasteiger partial charge in [0.1, 0.15) is 11.6 Å². The number of ketones is 1. The lowest BCUT2D eigenvalue weighted by Gasteiger charge is -2.13. The summed E-state index contributed by atoms with van der Waals surface area (Å²) in [5.41, 5.74) is 2.84. The van der Waals surface area contributed by atoms with Crippen LogP contribution in [0, 0.1) is 0 Å². The van der Waals surface area contributed by atoms with Crippen molar-refractivity contribution in [2.75, 3.05) is 30.9 Å². The van der Waals surface area contributed by atoms with Crippen LogP contribution in [0.25, 0.3) is 0 Å². The van der Waals surface area contributed by atoms with E-state index in [2.05, 4.69) is 10.4 Å². The molecule has 0 radical (unpaired) electrons. The maximum Gasteiger partial charge on any atom is 0.263 e. The fraction of sp³-hybridized carbons (Fsp3) is 0.261. The Morgan fingerprint density at radius 3 is 2.37 bits per heavy atom. The van der Waals surface area contributed by atoms with Gasteiger partial charge in [-0.05, 0) is 42.0 Å². The van der Waals surface area contributed by atoms with E-state index in [-0.39, 0.29) is 18.3 Å². The molecule has 0 aliphatic rings. The Hall–Kier alpha value is -3.61. The number of hydrogen-bond acceptors (Lipinski definition) is 5. The van der Waals surface area contributed by atoms with Crippen LogP contribution in [0.3, 0.4) is 0 Å². The van der Waals surface area contributed by atoms with Gasteiger partial charge in [-0.15, -0.1) is 0 Å². The molecule has 0 saturated carbocycles. The van der Waals surface area contributed by atoms with Crippen molar-refractivity contribution < 1.29 is 14.3 Å². The van der Waals surface area contributed by atoms with Crippen molar-refractivity contribution in [2.24, 2.45) is 0 Å². The largest absolute Gasteiger partial charge is 0.484 e. The molecule has 0 saturated heterocycles. The monoisotopic (exact) mass is 406 g/mol. The highest BCUT2D eigenvalue weighted by atomic mass is 16.5. The molecule has 30 heavy (non-hydrogen) atoms. The number of nitrogens with one attached hydrogen (secondary N) is 1. The molecule has 3 aromatic rings. The Kier molecular flexibility index (Phi) is 6.85. The summed E-state index contributed by atoms with van der Waals surface area (Å²) < 4.78 is 7.25. The van der Waals surface area contributed by atoms with Crippen LogP contribution >= 0.6 is 0 Å². The summed E-state index contributed by atoms with van der Waals surface area (Å²) in [6, 6.07) is 16.7. The van der Waals surface area contributed by atoms with Crippen molar-refractivity contribution in [1.82, 2.24) is 9.78 Å². The summed E-state index contributed by atoms with van der Waals surface area (Å²) in [5, 5.41) is 7.12. The van der Waals surface area contributed by atoms with Crippen molar-refractivity contribution in [3.8, 4) is 5.75 Å². The van der Waals surface area contributed by atoms with E-state index in [0.717, 1.165) is 11.3 Å². The molecule has 7 heteroatoms. The van der Waals surface area contributed by atoms with Gasteiger partial charge in [-0.1, -0.05) is 19.1 Å². The molecule has 0 unspecified atom stereocenters. The number of benzene rings is 2. The van der Waals surface area contributed by atoms with Gasteiger partial charge in [0.25, 0.3) is 5.91 Å². The van der Waals surface area contributed by atoms with Crippen LogP contribution in [-0.2, 0) is 11.3 Å². The molecule has 2 aromatic carbocycles. The third kappa shape index (κ3) is 5.47. The molecule has 0 aliphatic carbocycles. The van der Waals surface area contributed by atoms with E-state index in [1.54, 1.807) is 41.2 Å². The van der Waals surface area contributed by atoms with Gasteiger partial charge in [-0.2, -0.15) is 5.10 Å². The van der Waals surface area contributed by atoms with Gasteiger partial charge in [0.2, 0.25) is 0 Å². The number of hydrogen-bond donors (Lipinski definition) is 1. The fourth-order valence-electron chi connectivity index (χ4n) is 2.91. The second kappa shape index (κ2) is 9.73. The predicted molar refractivity (Wildman–Crippen MR) is 117 cm³/mol. The maximum absolute atomic E-state index is 12.3. The molecule has 0 fully saturated rings. The number of nitrogens with zero attached hydrogens (tertiary/aromatic N) is 3. The van der Waals surface area contributed by atoms with Crippen molar-refractivity contribution >= 4 is 23.2 Å². The van der Waals surface area contributed by atoms with E-state index in [4.69, 9.17) is 4.74 Å². The van der Waals surface area contributed by atoms with Gasteiger partial charge in [-0.25, -0.2) is 4.68 Å². The normalized spacial score (nSPS) is 10.5. The molecular weight excluding hydrogens is 380 g/mol. The number of anilines is 2. The summed E-state index contributed by atoms with van der Waals surface area (Å²) in [7, 11) is 3.99. The van der Waals surface area contributed by atoms with E-state index in [0.29, 0.717) is 30.1 Å². The minimum atomic E-state index is -0.284. The maximum atomic E-state index is 12.3. The van der Waals surface area contributed by atoms with Gasteiger partial charge >= 0.3 is 0 Å². The van der Waals surface area contributed by atoms with E-state index in [1.807, 2.05) is 50.2 Å². The number of carbonyl (C=O) groups excluding carboxylic acids is 2. The molecule has 0 bridgehead atoms. The standard InChI is InChI=1S/C23H26N4O3/c1-4-21(28)18-7-11-20(12-8-18)30-16-23(29)25-22-13-14-24-27(22)15-17-5-9-19(10-6-17)26(2)3/h5-14H,4,15-16H2,1-3H3,(H,25,29). The first-order valence-electron chi connectivity index (χ1n) is 9.80. The molecule has 3 rings (SSSR count). The predicted octanol–water partition coefficient (Wildman–Crippen LogP) is 3.61. The summed E-state index contributed by atoms with van der Waals surface area (Å²) in [5.74, 6) is 0.925. The van der Waals surface area contributed by atoms with Gasteiger partial charge in [0.15, 0.2) is 12.4 Å². The van der Waals surface area contributed by atoms with Crippen LogP contribution in [0.4, 0.5) is 11.5 Å². The number of Topliss-reactive ketones (excluding diaryl/α,β-unsaturated/α-hetero) is 1. The number of aromatic nitrogens is 2. The Morgan fingerprint density at radius 2 is 1.73 bits per heavy atom. The Bertz CT molecular complexity index is 992. The zero-order valence-electron chi connectivity index (χ0n) is 17.5. The first-order chi connectivity index (χ1) is 14.5. The minimum absolute atomic E-state index is 0.0731. The van der Waals surface area contributed by atoms with Gasteiger partial charge in [-0.3, -0.25) is 9.59 Å². The molecule has 1 aromatic heterocycles. The van der Waals surface area contributed by atoms with Crippen LogP contribution in [0.5, 0.6) is 5.75 Å². The first-order valence-corrected chi connectivity index (χ1v) is 9.80. The second-order valence-electron chi connectivity index (χ2n) is 7.07. The van der Waals surface area contributed by atoms with Crippen LogP contribution in [-0.4, -0.2) is 42.2 Å². The average molecular weight is 406 g/mol. The quantitative estimate of drug-likeness (QED) is 0.550. The smallest absolute Gasteiger partial charge is 0.263 e. The highest BCUT2D eigenvalue weighted by molar-refractivity contribution is 5.96. The molecule has 156 valence electrons. The van der Waals surface area contributed by atoms with E-state index >= 15 is 0 Å². The molecule has 0 spiro atoms. The highest BCUT2D eigenvalue weighted by Gasteiger charge is 2.10. The summed E-state index contributed by atoms with van der Waals surface area (Å²) in [6.45, 7) is 2.23. The number of carbonyl (C=O) groups is 2. The topological polar surface area (TPSA) is 76.5 Å². The molecule has 1 amide bonds. The highest BCUT2D eigenvalue weighted by Crippen LogP contribution is 2.16. The molecule has 7 nitrogen and oxygen atoms in total. The summed E-state index contributed by atoms with van der Waals surface area (Å²) >= 11 is 0.